The summed E-state index contributed by atoms with van der Waals surface area (Å²) in [6.07, 6.45) is 1.94. The van der Waals surface area contributed by atoms with Gasteiger partial charge in [0, 0.05) is 41.8 Å². The summed E-state index contributed by atoms with van der Waals surface area (Å²) in [6.45, 7) is 4.37. The molecule has 3 atom stereocenters. The highest BCUT2D eigenvalue weighted by Gasteiger charge is 2.27. The summed E-state index contributed by atoms with van der Waals surface area (Å²) in [4.78, 5) is 24.7. The Morgan fingerprint density at radius 2 is 2.19 bits per heavy atom. The first-order chi connectivity index (χ1) is 7.41. The minimum absolute atomic E-state index is 0.0654. The molecule has 1 N–H and O–H groups in total. The van der Waals surface area contributed by atoms with Crippen LogP contribution in [0.15, 0.2) is 0 Å². The molecular formula is C10H18N2O3S. The van der Waals surface area contributed by atoms with Crippen molar-refractivity contribution >= 4 is 22.6 Å². The first-order valence-electron chi connectivity index (χ1n) is 5.32. The molecule has 1 aliphatic heterocycles. The number of hydrogen-bond acceptors (Lipinski definition) is 3. The molecule has 0 aromatic carbocycles. The fraction of sp³-hybridized carbons (Fsp3) is 0.800. The van der Waals surface area contributed by atoms with Crippen LogP contribution < -0.4 is 5.32 Å². The lowest BCUT2D eigenvalue weighted by Crippen LogP contribution is -2.45. The van der Waals surface area contributed by atoms with Crippen LogP contribution in [-0.4, -0.2) is 51.6 Å². The van der Waals surface area contributed by atoms with Crippen molar-refractivity contribution in [2.24, 2.45) is 0 Å². The van der Waals surface area contributed by atoms with Crippen LogP contribution in [0.3, 0.4) is 0 Å². The predicted octanol–water partition coefficient (Wildman–Crippen LogP) is -0.510. The summed E-state index contributed by atoms with van der Waals surface area (Å²) in [6, 6.07) is -0.479. The van der Waals surface area contributed by atoms with Gasteiger partial charge in [0.1, 0.15) is 6.04 Å². The lowest BCUT2D eigenvalue weighted by atomic mass is 10.3. The lowest BCUT2D eigenvalue weighted by Gasteiger charge is -2.24. The highest BCUT2D eigenvalue weighted by atomic mass is 32.2. The van der Waals surface area contributed by atoms with E-state index in [0.29, 0.717) is 19.5 Å². The Kier molecular flexibility index (Phi) is 4.46. The third-order valence-corrected chi connectivity index (χ3v) is 3.99. The second-order valence-electron chi connectivity index (χ2n) is 4.13. The van der Waals surface area contributed by atoms with E-state index in [9.17, 15) is 13.8 Å². The molecule has 0 spiro atoms. The summed E-state index contributed by atoms with van der Waals surface area (Å²) in [5.74, 6) is -0.197. The van der Waals surface area contributed by atoms with E-state index in [0.717, 1.165) is 0 Å². The average Bonchev–Trinajstić information content (AvgIpc) is 2.31. The smallest absolute Gasteiger partial charge is 0.244 e. The molecule has 92 valence electrons. The largest absolute Gasteiger partial charge is 0.345 e. The maximum atomic E-state index is 11.9. The van der Waals surface area contributed by atoms with Crippen molar-refractivity contribution in [1.29, 1.82) is 0 Å². The Labute approximate surface area is 98.0 Å². The molecule has 1 fully saturated rings. The van der Waals surface area contributed by atoms with Crippen LogP contribution in [0.4, 0.5) is 0 Å². The Hall–Kier alpha value is -0.910. The lowest BCUT2D eigenvalue weighted by molar-refractivity contribution is -0.133. The van der Waals surface area contributed by atoms with Gasteiger partial charge in [-0.05, 0) is 13.8 Å². The third-order valence-electron chi connectivity index (χ3n) is 2.71. The van der Waals surface area contributed by atoms with Crippen molar-refractivity contribution in [3.05, 3.63) is 0 Å². The summed E-state index contributed by atoms with van der Waals surface area (Å²) < 4.78 is 11.2. The van der Waals surface area contributed by atoms with Crippen molar-refractivity contribution in [2.75, 3.05) is 19.3 Å². The van der Waals surface area contributed by atoms with Crippen molar-refractivity contribution in [1.82, 2.24) is 10.2 Å². The Balaban J connectivity index is 2.67. The van der Waals surface area contributed by atoms with Crippen molar-refractivity contribution in [3.63, 3.8) is 0 Å². The van der Waals surface area contributed by atoms with E-state index in [1.165, 1.54) is 0 Å². The van der Waals surface area contributed by atoms with Gasteiger partial charge in [-0.1, -0.05) is 0 Å². The number of carbonyl (C=O) groups excluding carboxylic acids is 2. The fourth-order valence-electron chi connectivity index (χ4n) is 1.59. The van der Waals surface area contributed by atoms with Gasteiger partial charge in [0.05, 0.1) is 0 Å². The molecule has 3 unspecified atom stereocenters. The van der Waals surface area contributed by atoms with E-state index in [4.69, 9.17) is 0 Å². The minimum atomic E-state index is -0.952. The van der Waals surface area contributed by atoms with E-state index in [1.807, 2.05) is 6.92 Å². The highest BCUT2D eigenvalue weighted by Crippen LogP contribution is 2.06. The van der Waals surface area contributed by atoms with Gasteiger partial charge in [-0.2, -0.15) is 0 Å². The summed E-state index contributed by atoms with van der Waals surface area (Å²) in [7, 11) is -0.952. The first-order valence-corrected chi connectivity index (χ1v) is 6.94. The van der Waals surface area contributed by atoms with E-state index >= 15 is 0 Å². The summed E-state index contributed by atoms with van der Waals surface area (Å²) in [5.41, 5.74) is 0. The van der Waals surface area contributed by atoms with Gasteiger partial charge >= 0.3 is 0 Å². The van der Waals surface area contributed by atoms with Crippen molar-refractivity contribution < 1.29 is 13.8 Å². The van der Waals surface area contributed by atoms with Gasteiger partial charge in [0.15, 0.2) is 0 Å². The van der Waals surface area contributed by atoms with Gasteiger partial charge in [-0.3, -0.25) is 13.8 Å². The van der Waals surface area contributed by atoms with E-state index in [1.54, 1.807) is 18.1 Å². The van der Waals surface area contributed by atoms with Crippen LogP contribution >= 0.6 is 0 Å². The molecule has 1 saturated heterocycles. The molecule has 1 aliphatic rings. The molecule has 0 bridgehead atoms. The highest BCUT2D eigenvalue weighted by molar-refractivity contribution is 7.84. The van der Waals surface area contributed by atoms with Crippen LogP contribution in [-0.2, 0) is 20.4 Å². The van der Waals surface area contributed by atoms with Crippen LogP contribution in [0.2, 0.25) is 0 Å². The molecule has 5 nitrogen and oxygen atoms in total. The van der Waals surface area contributed by atoms with Gasteiger partial charge < -0.3 is 10.2 Å². The van der Waals surface area contributed by atoms with Gasteiger partial charge in [0.25, 0.3) is 0 Å². The number of carbonyl (C=O) groups is 2. The zero-order chi connectivity index (χ0) is 12.3. The zero-order valence-corrected chi connectivity index (χ0v) is 10.7. The molecule has 16 heavy (non-hydrogen) atoms. The topological polar surface area (TPSA) is 66.5 Å². The molecule has 2 amide bonds. The van der Waals surface area contributed by atoms with Crippen molar-refractivity contribution in [2.45, 2.75) is 31.6 Å². The quantitative estimate of drug-likeness (QED) is 0.729. The third kappa shape index (κ3) is 3.30. The average molecular weight is 246 g/mol. The van der Waals surface area contributed by atoms with Crippen LogP contribution in [0.25, 0.3) is 0 Å². The zero-order valence-electron chi connectivity index (χ0n) is 9.86. The molecule has 0 aliphatic carbocycles. The second-order valence-corrected chi connectivity index (χ2v) is 5.93. The molecule has 0 saturated carbocycles. The number of rotatable bonds is 3. The SMILES string of the molecule is CC1NC(=O)CCN(CC(C)S(C)=O)C1=O. The van der Waals surface area contributed by atoms with Gasteiger partial charge in [-0.25, -0.2) is 0 Å². The molecular weight excluding hydrogens is 228 g/mol. The van der Waals surface area contributed by atoms with Gasteiger partial charge in [0.2, 0.25) is 11.8 Å². The second kappa shape index (κ2) is 5.43. The standard InChI is InChI=1S/C10H18N2O3S/c1-7(16(3)15)6-12-5-4-9(13)11-8(2)10(12)14/h7-8H,4-6H2,1-3H3,(H,11,13). The van der Waals surface area contributed by atoms with Crippen molar-refractivity contribution in [3.8, 4) is 0 Å². The predicted molar refractivity (Wildman–Crippen MR) is 62.3 cm³/mol. The maximum absolute atomic E-state index is 11.9. The van der Waals surface area contributed by atoms with Crippen LogP contribution in [0.1, 0.15) is 20.3 Å². The molecule has 1 heterocycles. The molecule has 6 heteroatoms. The van der Waals surface area contributed by atoms with E-state index < -0.39 is 16.8 Å². The monoisotopic (exact) mass is 246 g/mol. The molecule has 0 radical (unpaired) electrons. The molecule has 0 aromatic rings. The summed E-state index contributed by atoms with van der Waals surface area (Å²) in [5, 5.41) is 2.55. The molecule has 1 rings (SSSR count). The number of nitrogens with one attached hydrogen (secondary N) is 1. The van der Waals surface area contributed by atoms with Crippen LogP contribution in [0.5, 0.6) is 0 Å². The first kappa shape index (κ1) is 13.2. The minimum Gasteiger partial charge on any atom is -0.345 e. The maximum Gasteiger partial charge on any atom is 0.244 e. The van der Waals surface area contributed by atoms with E-state index in [2.05, 4.69) is 5.32 Å². The Morgan fingerprint density at radius 1 is 1.56 bits per heavy atom. The number of hydrogen-bond donors (Lipinski definition) is 1. The Bertz CT molecular complexity index is 319. The normalized spacial score (nSPS) is 25.9. The van der Waals surface area contributed by atoms with E-state index in [-0.39, 0.29) is 17.1 Å². The fourth-order valence-corrected chi connectivity index (χ4v) is 1.98. The number of amides is 2. The number of nitrogens with zero attached hydrogens (tertiary/aromatic N) is 1. The summed E-state index contributed by atoms with van der Waals surface area (Å²) >= 11 is 0. The Morgan fingerprint density at radius 3 is 2.75 bits per heavy atom. The van der Waals surface area contributed by atoms with Gasteiger partial charge in [-0.15, -0.1) is 0 Å². The molecule has 0 aromatic heterocycles. The van der Waals surface area contributed by atoms with Crippen LogP contribution in [0, 0.1) is 0 Å².